The standard InChI is InChI=1S/C16H20N10O/c1-11-7-13(25-15(22-11)18-9-20-25)17-3-4-24(5-6-27)14-8-12(2)23-16-19-10-21-26(14)16/h7-10,17,27H,3-6H2,1-2H3. The summed E-state index contributed by atoms with van der Waals surface area (Å²) in [5.74, 6) is 2.74. The highest BCUT2D eigenvalue weighted by Crippen LogP contribution is 2.16. The quantitative estimate of drug-likeness (QED) is 0.467. The Morgan fingerprint density at radius 1 is 0.963 bits per heavy atom. The molecule has 0 unspecified atom stereocenters. The first-order valence-corrected chi connectivity index (χ1v) is 8.60. The molecular formula is C16H20N10O. The fourth-order valence-corrected chi connectivity index (χ4v) is 2.97. The number of aliphatic hydroxyl groups excluding tert-OH is 1. The van der Waals surface area contributed by atoms with Crippen molar-refractivity contribution in [2.45, 2.75) is 13.8 Å². The maximum absolute atomic E-state index is 9.50. The van der Waals surface area contributed by atoms with Crippen molar-refractivity contribution in [2.24, 2.45) is 0 Å². The van der Waals surface area contributed by atoms with Crippen molar-refractivity contribution in [3.05, 3.63) is 36.2 Å². The molecular weight excluding hydrogens is 348 g/mol. The first-order valence-electron chi connectivity index (χ1n) is 8.60. The summed E-state index contributed by atoms with van der Waals surface area (Å²) in [6.45, 7) is 5.58. The van der Waals surface area contributed by atoms with Gasteiger partial charge in [0.05, 0.1) is 6.61 Å². The van der Waals surface area contributed by atoms with Crippen LogP contribution >= 0.6 is 0 Å². The van der Waals surface area contributed by atoms with Gasteiger partial charge in [-0.2, -0.15) is 29.2 Å². The Morgan fingerprint density at radius 3 is 2.37 bits per heavy atom. The van der Waals surface area contributed by atoms with Crippen molar-refractivity contribution >= 4 is 23.2 Å². The number of aromatic nitrogens is 8. The van der Waals surface area contributed by atoms with E-state index in [2.05, 4.69) is 35.5 Å². The summed E-state index contributed by atoms with van der Waals surface area (Å²) in [5, 5.41) is 21.3. The van der Waals surface area contributed by atoms with Crippen molar-refractivity contribution in [3.8, 4) is 0 Å². The minimum atomic E-state index is 0.0270. The average Bonchev–Trinajstić information content (AvgIpc) is 3.29. The fourth-order valence-electron chi connectivity index (χ4n) is 2.97. The van der Waals surface area contributed by atoms with E-state index in [1.807, 2.05) is 30.9 Å². The van der Waals surface area contributed by atoms with Crippen LogP contribution in [0.3, 0.4) is 0 Å². The van der Waals surface area contributed by atoms with Crippen molar-refractivity contribution in [1.29, 1.82) is 0 Å². The number of hydrogen-bond acceptors (Lipinski definition) is 9. The largest absolute Gasteiger partial charge is 0.395 e. The maximum Gasteiger partial charge on any atom is 0.254 e. The van der Waals surface area contributed by atoms with Crippen molar-refractivity contribution in [1.82, 2.24) is 39.2 Å². The molecule has 4 aromatic rings. The third kappa shape index (κ3) is 3.36. The molecule has 0 radical (unpaired) electrons. The van der Waals surface area contributed by atoms with E-state index in [1.165, 1.54) is 12.7 Å². The van der Waals surface area contributed by atoms with Crippen LogP contribution in [0.4, 0.5) is 11.6 Å². The summed E-state index contributed by atoms with van der Waals surface area (Å²) in [6.07, 6.45) is 2.95. The summed E-state index contributed by atoms with van der Waals surface area (Å²) < 4.78 is 3.34. The van der Waals surface area contributed by atoms with Crippen molar-refractivity contribution in [3.63, 3.8) is 0 Å². The summed E-state index contributed by atoms with van der Waals surface area (Å²) in [5.41, 5.74) is 1.70. The number of nitrogens with zero attached hydrogens (tertiary/aromatic N) is 9. The molecule has 140 valence electrons. The SMILES string of the molecule is Cc1cc(NCCN(CCO)c2cc(C)nc3ncnn23)n2ncnc2n1. The number of fused-ring (bicyclic) bond motifs is 2. The van der Waals surface area contributed by atoms with Gasteiger partial charge in [-0.25, -0.2) is 9.97 Å². The van der Waals surface area contributed by atoms with Gasteiger partial charge in [0.2, 0.25) is 0 Å². The third-order valence-corrected chi connectivity index (χ3v) is 4.12. The monoisotopic (exact) mass is 368 g/mol. The van der Waals surface area contributed by atoms with Gasteiger partial charge in [-0.05, 0) is 13.8 Å². The van der Waals surface area contributed by atoms with Crippen LogP contribution in [0.25, 0.3) is 11.6 Å². The Balaban J connectivity index is 1.55. The number of hydrogen-bond donors (Lipinski definition) is 2. The maximum atomic E-state index is 9.50. The number of aryl methyl sites for hydroxylation is 2. The number of nitrogens with one attached hydrogen (secondary N) is 1. The molecule has 0 aliphatic carbocycles. The minimum absolute atomic E-state index is 0.0270. The number of anilines is 2. The second kappa shape index (κ2) is 7.11. The van der Waals surface area contributed by atoms with Crippen LogP contribution in [0.5, 0.6) is 0 Å². The van der Waals surface area contributed by atoms with E-state index >= 15 is 0 Å². The number of rotatable bonds is 7. The molecule has 11 heteroatoms. The summed E-state index contributed by atoms with van der Waals surface area (Å²) in [4.78, 5) is 19.0. The van der Waals surface area contributed by atoms with Crippen LogP contribution in [-0.4, -0.2) is 70.5 Å². The lowest BCUT2D eigenvalue weighted by atomic mass is 10.3. The second-order valence-corrected chi connectivity index (χ2v) is 6.12. The average molecular weight is 368 g/mol. The van der Waals surface area contributed by atoms with Gasteiger partial charge in [0.1, 0.15) is 24.3 Å². The van der Waals surface area contributed by atoms with Gasteiger partial charge in [0.15, 0.2) is 0 Å². The molecule has 11 nitrogen and oxygen atoms in total. The van der Waals surface area contributed by atoms with Gasteiger partial charge in [-0.15, -0.1) is 0 Å². The van der Waals surface area contributed by atoms with Crippen LogP contribution in [0.2, 0.25) is 0 Å². The van der Waals surface area contributed by atoms with Gasteiger partial charge >= 0.3 is 0 Å². The van der Waals surface area contributed by atoms with Crippen LogP contribution in [-0.2, 0) is 0 Å². The highest BCUT2D eigenvalue weighted by atomic mass is 16.3. The minimum Gasteiger partial charge on any atom is -0.395 e. The van der Waals surface area contributed by atoms with E-state index in [0.717, 1.165) is 23.0 Å². The zero-order chi connectivity index (χ0) is 18.8. The molecule has 0 aliphatic heterocycles. The fraction of sp³-hybridized carbons (Fsp3) is 0.375. The van der Waals surface area contributed by atoms with Gasteiger partial charge in [-0.1, -0.05) is 0 Å². The Kier molecular flexibility index (Phi) is 4.50. The zero-order valence-electron chi connectivity index (χ0n) is 15.1. The van der Waals surface area contributed by atoms with Crippen LogP contribution in [0.1, 0.15) is 11.4 Å². The van der Waals surface area contributed by atoms with Gasteiger partial charge in [0.25, 0.3) is 11.6 Å². The van der Waals surface area contributed by atoms with E-state index < -0.39 is 0 Å². The Bertz CT molecular complexity index is 1070. The van der Waals surface area contributed by atoms with Crippen LogP contribution < -0.4 is 10.2 Å². The van der Waals surface area contributed by atoms with E-state index in [9.17, 15) is 5.11 Å². The smallest absolute Gasteiger partial charge is 0.254 e. The van der Waals surface area contributed by atoms with E-state index in [1.54, 1.807) is 9.03 Å². The lowest BCUT2D eigenvalue weighted by molar-refractivity contribution is 0.301. The molecule has 0 fully saturated rings. The molecule has 0 amide bonds. The zero-order valence-corrected chi connectivity index (χ0v) is 15.1. The third-order valence-electron chi connectivity index (χ3n) is 4.12. The number of aliphatic hydroxyl groups is 1. The first kappa shape index (κ1) is 17.1. The first-order chi connectivity index (χ1) is 13.2. The predicted molar refractivity (Wildman–Crippen MR) is 98.8 cm³/mol. The van der Waals surface area contributed by atoms with E-state index in [4.69, 9.17) is 0 Å². The normalized spacial score (nSPS) is 11.4. The highest BCUT2D eigenvalue weighted by molar-refractivity contribution is 5.48. The summed E-state index contributed by atoms with van der Waals surface area (Å²) >= 11 is 0. The van der Waals surface area contributed by atoms with Crippen molar-refractivity contribution < 1.29 is 5.11 Å². The van der Waals surface area contributed by atoms with Crippen molar-refractivity contribution in [2.75, 3.05) is 36.5 Å². The molecule has 0 bridgehead atoms. The molecule has 0 spiro atoms. The molecule has 0 saturated carbocycles. The summed E-state index contributed by atoms with van der Waals surface area (Å²) in [6, 6.07) is 3.85. The highest BCUT2D eigenvalue weighted by Gasteiger charge is 2.13. The molecule has 27 heavy (non-hydrogen) atoms. The molecule has 0 saturated heterocycles. The topological polar surface area (TPSA) is 122 Å². The molecule has 0 aliphatic rings. The van der Waals surface area contributed by atoms with Crippen LogP contribution in [0.15, 0.2) is 24.8 Å². The van der Waals surface area contributed by atoms with Gasteiger partial charge in [0, 0.05) is 43.2 Å². The Morgan fingerprint density at radius 2 is 1.63 bits per heavy atom. The van der Waals surface area contributed by atoms with Gasteiger partial charge < -0.3 is 15.3 Å². The lowest BCUT2D eigenvalue weighted by Crippen LogP contribution is -2.33. The molecule has 2 N–H and O–H groups in total. The second-order valence-electron chi connectivity index (χ2n) is 6.12. The van der Waals surface area contributed by atoms with E-state index in [0.29, 0.717) is 31.2 Å². The Hall–Kier alpha value is -3.34. The van der Waals surface area contributed by atoms with Crippen LogP contribution in [0, 0.1) is 13.8 Å². The summed E-state index contributed by atoms with van der Waals surface area (Å²) in [7, 11) is 0. The molecule has 4 heterocycles. The van der Waals surface area contributed by atoms with E-state index in [-0.39, 0.29) is 6.61 Å². The molecule has 4 rings (SSSR count). The molecule has 0 atom stereocenters. The lowest BCUT2D eigenvalue weighted by Gasteiger charge is -2.24. The van der Waals surface area contributed by atoms with Gasteiger partial charge in [-0.3, -0.25) is 0 Å². The molecule has 0 aromatic carbocycles. The molecule has 4 aromatic heterocycles. The predicted octanol–water partition coefficient (Wildman–Crippen LogP) is 0.0896. The Labute approximate surface area is 154 Å².